The van der Waals surface area contributed by atoms with E-state index in [0.717, 1.165) is 13.1 Å². The van der Waals surface area contributed by atoms with Gasteiger partial charge in [-0.25, -0.2) is 0 Å². The lowest BCUT2D eigenvalue weighted by atomic mass is 10.2. The standard InChI is InChI=1S/C14H19NO2/c1-3-4-10-15(12-14(16)17-2)11-13-8-6-5-7-9-13/h3-9H,10-12H2,1-2H3/b4-3+. The number of esters is 1. The van der Waals surface area contributed by atoms with Gasteiger partial charge in [-0.3, -0.25) is 9.69 Å². The molecule has 0 aliphatic carbocycles. The number of hydrogen-bond acceptors (Lipinski definition) is 3. The van der Waals surface area contributed by atoms with Crippen LogP contribution in [0.5, 0.6) is 0 Å². The zero-order valence-electron chi connectivity index (χ0n) is 10.4. The Hall–Kier alpha value is -1.61. The zero-order chi connectivity index (χ0) is 12.5. The predicted molar refractivity (Wildman–Crippen MR) is 68.5 cm³/mol. The van der Waals surface area contributed by atoms with E-state index in [-0.39, 0.29) is 5.97 Å². The number of ether oxygens (including phenoxy) is 1. The lowest BCUT2D eigenvalue weighted by molar-refractivity contribution is -0.141. The molecule has 92 valence electrons. The summed E-state index contributed by atoms with van der Waals surface area (Å²) >= 11 is 0. The first-order chi connectivity index (χ1) is 8.26. The molecule has 17 heavy (non-hydrogen) atoms. The highest BCUT2D eigenvalue weighted by atomic mass is 16.5. The summed E-state index contributed by atoms with van der Waals surface area (Å²) in [4.78, 5) is 13.3. The Bertz CT molecular complexity index is 360. The first kappa shape index (κ1) is 13.5. The fourth-order valence-electron chi connectivity index (χ4n) is 1.53. The number of hydrogen-bond donors (Lipinski definition) is 0. The van der Waals surface area contributed by atoms with Gasteiger partial charge in [0.2, 0.25) is 0 Å². The minimum absolute atomic E-state index is 0.203. The van der Waals surface area contributed by atoms with Gasteiger partial charge in [-0.05, 0) is 12.5 Å². The molecule has 0 unspecified atom stereocenters. The van der Waals surface area contributed by atoms with Crippen molar-refractivity contribution in [2.75, 3.05) is 20.2 Å². The zero-order valence-corrected chi connectivity index (χ0v) is 10.4. The molecule has 1 aromatic rings. The summed E-state index contributed by atoms with van der Waals surface area (Å²) in [5.41, 5.74) is 1.20. The maximum Gasteiger partial charge on any atom is 0.319 e. The molecule has 0 N–H and O–H groups in total. The average molecular weight is 233 g/mol. The second kappa shape index (κ2) is 7.63. The number of methoxy groups -OCH3 is 1. The molecule has 0 amide bonds. The molecular formula is C14H19NO2. The summed E-state index contributed by atoms with van der Waals surface area (Å²) in [6.07, 6.45) is 4.02. The van der Waals surface area contributed by atoms with E-state index in [2.05, 4.69) is 12.1 Å². The molecule has 0 aromatic heterocycles. The van der Waals surface area contributed by atoms with Crippen LogP contribution in [0.1, 0.15) is 12.5 Å². The third-order valence-corrected chi connectivity index (χ3v) is 2.43. The van der Waals surface area contributed by atoms with Gasteiger partial charge in [0, 0.05) is 13.1 Å². The van der Waals surface area contributed by atoms with Crippen molar-refractivity contribution in [1.29, 1.82) is 0 Å². The van der Waals surface area contributed by atoms with Crippen molar-refractivity contribution in [3.8, 4) is 0 Å². The summed E-state index contributed by atoms with van der Waals surface area (Å²) in [5, 5.41) is 0. The fraction of sp³-hybridized carbons (Fsp3) is 0.357. The van der Waals surface area contributed by atoms with Crippen molar-refractivity contribution in [3.05, 3.63) is 48.0 Å². The Morgan fingerprint density at radius 3 is 2.65 bits per heavy atom. The quantitative estimate of drug-likeness (QED) is 0.557. The first-order valence-corrected chi connectivity index (χ1v) is 5.70. The molecule has 1 aromatic carbocycles. The topological polar surface area (TPSA) is 29.5 Å². The molecule has 0 aliphatic heterocycles. The molecule has 0 atom stereocenters. The predicted octanol–water partition coefficient (Wildman–Crippen LogP) is 2.24. The summed E-state index contributed by atoms with van der Waals surface area (Å²) in [5.74, 6) is -0.203. The molecular weight excluding hydrogens is 214 g/mol. The summed E-state index contributed by atoms with van der Waals surface area (Å²) in [6.45, 7) is 3.79. The number of nitrogens with zero attached hydrogens (tertiary/aromatic N) is 1. The van der Waals surface area contributed by atoms with E-state index in [4.69, 9.17) is 4.74 Å². The average Bonchev–Trinajstić information content (AvgIpc) is 2.37. The normalized spacial score (nSPS) is 11.0. The van der Waals surface area contributed by atoms with Crippen molar-refractivity contribution in [2.45, 2.75) is 13.5 Å². The largest absolute Gasteiger partial charge is 0.468 e. The van der Waals surface area contributed by atoms with Crippen LogP contribution in [0.2, 0.25) is 0 Å². The van der Waals surface area contributed by atoms with Crippen LogP contribution < -0.4 is 0 Å². The molecule has 3 nitrogen and oxygen atoms in total. The third-order valence-electron chi connectivity index (χ3n) is 2.43. The molecule has 0 saturated heterocycles. The molecule has 3 heteroatoms. The van der Waals surface area contributed by atoms with E-state index in [1.165, 1.54) is 12.7 Å². The van der Waals surface area contributed by atoms with Crippen molar-refractivity contribution in [1.82, 2.24) is 4.90 Å². The van der Waals surface area contributed by atoms with E-state index >= 15 is 0 Å². The monoisotopic (exact) mass is 233 g/mol. The Kier molecular flexibility index (Phi) is 6.04. The first-order valence-electron chi connectivity index (χ1n) is 5.70. The lowest BCUT2D eigenvalue weighted by Gasteiger charge is -2.19. The minimum atomic E-state index is -0.203. The van der Waals surface area contributed by atoms with Crippen molar-refractivity contribution < 1.29 is 9.53 Å². The van der Waals surface area contributed by atoms with E-state index in [0.29, 0.717) is 6.54 Å². The molecule has 0 radical (unpaired) electrons. The Labute approximate surface area is 103 Å². The van der Waals surface area contributed by atoms with E-state index in [1.54, 1.807) is 0 Å². The summed E-state index contributed by atoms with van der Waals surface area (Å²) < 4.78 is 4.69. The van der Waals surface area contributed by atoms with Crippen LogP contribution in [-0.2, 0) is 16.1 Å². The molecule has 1 rings (SSSR count). The molecule has 0 bridgehead atoms. The number of benzene rings is 1. The highest BCUT2D eigenvalue weighted by molar-refractivity contribution is 5.71. The van der Waals surface area contributed by atoms with Crippen molar-refractivity contribution >= 4 is 5.97 Å². The molecule has 0 aliphatic rings. The van der Waals surface area contributed by atoms with Crippen molar-refractivity contribution in [2.24, 2.45) is 0 Å². The molecule has 0 saturated carbocycles. The Morgan fingerprint density at radius 2 is 2.06 bits per heavy atom. The van der Waals surface area contributed by atoms with E-state index < -0.39 is 0 Å². The van der Waals surface area contributed by atoms with Gasteiger partial charge in [0.25, 0.3) is 0 Å². The Balaban J connectivity index is 2.59. The molecule has 0 spiro atoms. The number of carbonyl (C=O) groups is 1. The summed E-state index contributed by atoms with van der Waals surface area (Å²) in [7, 11) is 1.42. The minimum Gasteiger partial charge on any atom is -0.468 e. The van der Waals surface area contributed by atoms with Crippen LogP contribution in [0.15, 0.2) is 42.5 Å². The van der Waals surface area contributed by atoms with Crippen LogP contribution in [0, 0.1) is 0 Å². The van der Waals surface area contributed by atoms with Gasteiger partial charge in [-0.1, -0.05) is 42.5 Å². The SMILES string of the molecule is C/C=C/CN(CC(=O)OC)Cc1ccccc1. The molecule has 0 heterocycles. The van der Waals surface area contributed by atoms with Gasteiger partial charge >= 0.3 is 5.97 Å². The smallest absolute Gasteiger partial charge is 0.319 e. The van der Waals surface area contributed by atoms with Crippen LogP contribution in [0.3, 0.4) is 0 Å². The van der Waals surface area contributed by atoms with Crippen LogP contribution >= 0.6 is 0 Å². The van der Waals surface area contributed by atoms with Gasteiger partial charge in [0.15, 0.2) is 0 Å². The molecule has 0 fully saturated rings. The second-order valence-electron chi connectivity index (χ2n) is 3.80. The van der Waals surface area contributed by atoms with E-state index in [9.17, 15) is 4.79 Å². The van der Waals surface area contributed by atoms with E-state index in [1.807, 2.05) is 42.2 Å². The van der Waals surface area contributed by atoms with Crippen LogP contribution in [-0.4, -0.2) is 31.1 Å². The van der Waals surface area contributed by atoms with Crippen LogP contribution in [0.4, 0.5) is 0 Å². The van der Waals surface area contributed by atoms with Gasteiger partial charge in [-0.2, -0.15) is 0 Å². The lowest BCUT2D eigenvalue weighted by Crippen LogP contribution is -2.30. The highest BCUT2D eigenvalue weighted by Gasteiger charge is 2.09. The summed E-state index contributed by atoms with van der Waals surface area (Å²) in [6, 6.07) is 10.1. The highest BCUT2D eigenvalue weighted by Crippen LogP contribution is 2.04. The maximum atomic E-state index is 11.3. The van der Waals surface area contributed by atoms with Gasteiger partial charge in [-0.15, -0.1) is 0 Å². The third kappa shape index (κ3) is 5.31. The number of rotatable bonds is 6. The second-order valence-corrected chi connectivity index (χ2v) is 3.80. The fourth-order valence-corrected chi connectivity index (χ4v) is 1.53. The van der Waals surface area contributed by atoms with Gasteiger partial charge in [0.05, 0.1) is 13.7 Å². The van der Waals surface area contributed by atoms with Gasteiger partial charge in [0.1, 0.15) is 0 Å². The van der Waals surface area contributed by atoms with Crippen LogP contribution in [0.25, 0.3) is 0 Å². The maximum absolute atomic E-state index is 11.3. The van der Waals surface area contributed by atoms with Gasteiger partial charge < -0.3 is 4.74 Å². The van der Waals surface area contributed by atoms with Crippen molar-refractivity contribution in [3.63, 3.8) is 0 Å². The number of carbonyl (C=O) groups excluding carboxylic acids is 1. The number of allylic oxidation sites excluding steroid dienone is 1. The Morgan fingerprint density at radius 1 is 1.35 bits per heavy atom.